The summed E-state index contributed by atoms with van der Waals surface area (Å²) in [6.07, 6.45) is -1.46. The van der Waals surface area contributed by atoms with Gasteiger partial charge in [0.15, 0.2) is 22.6 Å². The van der Waals surface area contributed by atoms with Crippen molar-refractivity contribution >= 4 is 40.2 Å². The van der Waals surface area contributed by atoms with Crippen LogP contribution in [0.4, 0.5) is 19.4 Å². The number of nitrogens with one attached hydrogen (secondary N) is 2. The van der Waals surface area contributed by atoms with Crippen LogP contribution in [0.3, 0.4) is 0 Å². The lowest BCUT2D eigenvalue weighted by Gasteiger charge is -2.31. The van der Waals surface area contributed by atoms with Crippen molar-refractivity contribution in [3.8, 4) is 0 Å². The number of carbonyl (C=O) groups excluding carboxylic acids is 2. The second kappa shape index (κ2) is 12.0. The van der Waals surface area contributed by atoms with Gasteiger partial charge in [0.05, 0.1) is 19.0 Å². The van der Waals surface area contributed by atoms with E-state index in [1.54, 1.807) is 25.3 Å². The number of imidazole rings is 1. The summed E-state index contributed by atoms with van der Waals surface area (Å²) in [5.74, 6) is -4.65. The van der Waals surface area contributed by atoms with Gasteiger partial charge in [0.2, 0.25) is 5.91 Å². The molecule has 0 bridgehead atoms. The molecular formula is C27H32F2N6O8S. The van der Waals surface area contributed by atoms with Crippen molar-refractivity contribution in [1.82, 2.24) is 24.2 Å². The first kappa shape index (κ1) is 31.8. The van der Waals surface area contributed by atoms with Crippen LogP contribution in [0.25, 0.3) is 11.2 Å². The number of benzene rings is 1. The number of aliphatic hydroxyl groups excluding tert-OH is 1. The lowest BCUT2D eigenvalue weighted by Crippen LogP contribution is -2.44. The number of fused-ring (bicyclic) bond motifs is 2. The van der Waals surface area contributed by atoms with Crippen molar-refractivity contribution in [1.29, 1.82) is 0 Å². The Morgan fingerprint density at radius 1 is 1.20 bits per heavy atom. The number of nitrogens with zero attached hydrogens (tertiary/aromatic N) is 4. The second-order valence-corrected chi connectivity index (χ2v) is 12.4. The molecule has 1 aromatic carbocycles. The standard InChI is InChI=1S/C27H32F2N6O8S/c1-25(2,3)43-24(38)33-22-20-23(31-13-30-22)35(14-32-20)19-9-8-15(42-19)12-41-44(40)34-18(36)10-11-26(39)17-7-5-4-6-16(17)21(37)27(26,28)29/h4-7,13-15,19,21,37,39H,8-12H2,1-3H3,(H,34,36)(H,30,31,33,38). The predicted octanol–water partition coefficient (Wildman–Crippen LogP) is 2.91. The fourth-order valence-corrected chi connectivity index (χ4v) is 5.81. The van der Waals surface area contributed by atoms with Gasteiger partial charge in [-0.3, -0.25) is 23.6 Å². The van der Waals surface area contributed by atoms with Gasteiger partial charge in [-0.15, -0.1) is 0 Å². The third-order valence-electron chi connectivity index (χ3n) is 7.24. The van der Waals surface area contributed by atoms with Gasteiger partial charge in [-0.05, 0) is 51.2 Å². The monoisotopic (exact) mass is 638 g/mol. The molecular weight excluding hydrogens is 606 g/mol. The zero-order valence-corrected chi connectivity index (χ0v) is 24.8. The Bertz CT molecular complexity index is 1580. The molecule has 1 fully saturated rings. The maximum absolute atomic E-state index is 14.8. The highest BCUT2D eigenvalue weighted by atomic mass is 32.2. The van der Waals surface area contributed by atoms with Crippen molar-refractivity contribution in [3.05, 3.63) is 48.0 Å². The molecule has 0 spiro atoms. The smallest absolute Gasteiger partial charge is 0.413 e. The van der Waals surface area contributed by atoms with Crippen LogP contribution in [-0.4, -0.2) is 70.2 Å². The number of ether oxygens (including phenoxy) is 2. The minimum absolute atomic E-state index is 0.115. The van der Waals surface area contributed by atoms with E-state index in [2.05, 4.69) is 25.0 Å². The molecule has 4 N–H and O–H groups in total. The number of alkyl halides is 2. The Hall–Kier alpha value is -3.64. The molecule has 238 valence electrons. The van der Waals surface area contributed by atoms with Crippen LogP contribution in [0, 0.1) is 0 Å². The van der Waals surface area contributed by atoms with Crippen LogP contribution in [0.2, 0.25) is 0 Å². The van der Waals surface area contributed by atoms with E-state index in [9.17, 15) is 32.8 Å². The van der Waals surface area contributed by atoms with E-state index in [0.717, 1.165) is 0 Å². The van der Waals surface area contributed by atoms with Crippen molar-refractivity contribution in [2.45, 2.75) is 82.0 Å². The lowest BCUT2D eigenvalue weighted by molar-refractivity contribution is -0.226. The van der Waals surface area contributed by atoms with E-state index in [0.29, 0.717) is 24.0 Å². The van der Waals surface area contributed by atoms with Gasteiger partial charge in [-0.25, -0.2) is 24.0 Å². The maximum Gasteiger partial charge on any atom is 0.413 e. The van der Waals surface area contributed by atoms with Crippen molar-refractivity contribution in [2.24, 2.45) is 0 Å². The minimum Gasteiger partial charge on any atom is -0.444 e. The van der Waals surface area contributed by atoms with Crippen LogP contribution in [0.5, 0.6) is 0 Å². The molecule has 3 heterocycles. The summed E-state index contributed by atoms with van der Waals surface area (Å²) in [5, 5.41) is 23.4. The Labute approximate surface area is 252 Å². The average Bonchev–Trinajstić information content (AvgIpc) is 3.63. The van der Waals surface area contributed by atoms with Gasteiger partial charge >= 0.3 is 12.0 Å². The molecule has 0 saturated carbocycles. The van der Waals surface area contributed by atoms with E-state index in [1.165, 1.54) is 36.9 Å². The van der Waals surface area contributed by atoms with Crippen LogP contribution in [0.1, 0.15) is 69.9 Å². The first-order valence-corrected chi connectivity index (χ1v) is 14.8. The number of rotatable bonds is 9. The second-order valence-electron chi connectivity index (χ2n) is 11.5. The van der Waals surface area contributed by atoms with Gasteiger partial charge in [-0.2, -0.15) is 8.78 Å². The molecule has 5 rings (SSSR count). The van der Waals surface area contributed by atoms with Gasteiger partial charge in [0, 0.05) is 6.42 Å². The normalized spacial score (nSPS) is 25.0. The van der Waals surface area contributed by atoms with Crippen LogP contribution in [-0.2, 0) is 35.3 Å². The molecule has 1 saturated heterocycles. The number of aromatic nitrogens is 4. The first-order valence-electron chi connectivity index (χ1n) is 13.7. The van der Waals surface area contributed by atoms with Crippen molar-refractivity contribution in [3.63, 3.8) is 0 Å². The molecule has 5 unspecified atom stereocenters. The summed E-state index contributed by atoms with van der Waals surface area (Å²) >= 11 is -2.31. The number of carbonyl (C=O) groups is 2. The van der Waals surface area contributed by atoms with E-state index in [4.69, 9.17) is 13.7 Å². The van der Waals surface area contributed by atoms with Gasteiger partial charge in [0.1, 0.15) is 24.3 Å². The number of anilines is 1. The Morgan fingerprint density at radius 2 is 1.95 bits per heavy atom. The van der Waals surface area contributed by atoms with E-state index >= 15 is 0 Å². The quantitative estimate of drug-likeness (QED) is 0.270. The molecule has 2 aromatic heterocycles. The molecule has 0 radical (unpaired) electrons. The number of amides is 2. The summed E-state index contributed by atoms with van der Waals surface area (Å²) < 4.78 is 62.1. The zero-order chi connectivity index (χ0) is 31.9. The zero-order valence-electron chi connectivity index (χ0n) is 24.0. The number of hydrogen-bond donors (Lipinski definition) is 4. The van der Waals surface area contributed by atoms with Crippen molar-refractivity contribution in [2.75, 3.05) is 11.9 Å². The van der Waals surface area contributed by atoms with Gasteiger partial charge in [0.25, 0.3) is 11.3 Å². The van der Waals surface area contributed by atoms with Crippen LogP contribution >= 0.6 is 0 Å². The Balaban J connectivity index is 1.11. The molecule has 5 atom stereocenters. The molecule has 3 aromatic rings. The topological polar surface area (TPSA) is 187 Å². The highest BCUT2D eigenvalue weighted by Gasteiger charge is 2.64. The maximum atomic E-state index is 14.8. The lowest BCUT2D eigenvalue weighted by atomic mass is 9.88. The van der Waals surface area contributed by atoms with Crippen LogP contribution in [0.15, 0.2) is 36.9 Å². The average molecular weight is 639 g/mol. The van der Waals surface area contributed by atoms with E-state index in [1.807, 2.05) is 0 Å². The number of aliphatic hydroxyl groups is 2. The molecule has 17 heteroatoms. The molecule has 1 aliphatic carbocycles. The van der Waals surface area contributed by atoms with E-state index < -0.39 is 71.7 Å². The third-order valence-corrected chi connectivity index (χ3v) is 7.99. The third kappa shape index (κ3) is 6.28. The first-order chi connectivity index (χ1) is 20.7. The molecule has 14 nitrogen and oxygen atoms in total. The Morgan fingerprint density at radius 3 is 2.70 bits per heavy atom. The van der Waals surface area contributed by atoms with Gasteiger partial charge < -0.3 is 19.7 Å². The largest absolute Gasteiger partial charge is 0.444 e. The summed E-state index contributed by atoms with van der Waals surface area (Å²) in [4.78, 5) is 37.2. The summed E-state index contributed by atoms with van der Waals surface area (Å²) in [6, 6.07) is 5.46. The number of hydrogen-bond acceptors (Lipinski definition) is 11. The molecule has 44 heavy (non-hydrogen) atoms. The van der Waals surface area contributed by atoms with Crippen molar-refractivity contribution < 1.29 is 46.4 Å². The predicted molar refractivity (Wildman–Crippen MR) is 150 cm³/mol. The molecule has 2 aliphatic rings. The highest BCUT2D eigenvalue weighted by molar-refractivity contribution is 7.78. The van der Waals surface area contributed by atoms with Crippen LogP contribution < -0.4 is 10.0 Å². The highest BCUT2D eigenvalue weighted by Crippen LogP contribution is 2.56. The van der Waals surface area contributed by atoms with Gasteiger partial charge in [-0.1, -0.05) is 24.3 Å². The summed E-state index contributed by atoms with van der Waals surface area (Å²) in [7, 11) is 0. The SMILES string of the molecule is CC(C)(C)OC(=O)Nc1ncnc2c1ncn2C1CCC(COS(=O)NC(=O)CCC2(O)c3ccccc3C(O)C2(F)F)O1. The molecule has 2 amide bonds. The minimum atomic E-state index is -3.92. The van der Waals surface area contributed by atoms with E-state index in [-0.39, 0.29) is 23.6 Å². The molecule has 1 aliphatic heterocycles. The fraction of sp³-hybridized carbons (Fsp3) is 0.519. The summed E-state index contributed by atoms with van der Waals surface area (Å²) in [5.41, 5.74) is -3.03. The Kier molecular flexibility index (Phi) is 8.69. The summed E-state index contributed by atoms with van der Waals surface area (Å²) in [6.45, 7) is 5.04. The number of halogens is 2. The fourth-order valence-electron chi connectivity index (χ4n) is 5.19.